The first-order valence-electron chi connectivity index (χ1n) is 9.87. The smallest absolute Gasteiger partial charge is 0.223 e. The molecule has 1 saturated carbocycles. The fourth-order valence-corrected chi connectivity index (χ4v) is 3.60. The maximum atomic E-state index is 13.1. The molecule has 8 heteroatoms. The van der Waals surface area contributed by atoms with Crippen molar-refractivity contribution < 1.29 is 9.50 Å². The highest BCUT2D eigenvalue weighted by Gasteiger charge is 2.20. The van der Waals surface area contributed by atoms with Gasteiger partial charge in [-0.15, -0.1) is 0 Å². The Bertz CT molecular complexity index is 950. The molecule has 3 aromatic rings. The number of benzene rings is 1. The Hall–Kier alpha value is -3.00. The van der Waals surface area contributed by atoms with Crippen molar-refractivity contribution in [1.29, 1.82) is 0 Å². The number of aliphatic hydroxyl groups excluding tert-OH is 1. The lowest BCUT2D eigenvalue weighted by Crippen LogP contribution is -2.28. The zero-order valence-electron chi connectivity index (χ0n) is 16.3. The molecule has 4 rings (SSSR count). The van der Waals surface area contributed by atoms with Gasteiger partial charge in [0.2, 0.25) is 5.95 Å². The van der Waals surface area contributed by atoms with Crippen LogP contribution in [0.3, 0.4) is 0 Å². The molecular weight excluding hydrogens is 371 g/mol. The fourth-order valence-electron chi connectivity index (χ4n) is 3.60. The number of aliphatic hydroxyl groups is 1. The summed E-state index contributed by atoms with van der Waals surface area (Å²) in [5.74, 6) is 1.17. The quantitative estimate of drug-likeness (QED) is 0.592. The summed E-state index contributed by atoms with van der Waals surface area (Å²) < 4.78 is 14.9. The zero-order valence-corrected chi connectivity index (χ0v) is 16.3. The first-order valence-corrected chi connectivity index (χ1v) is 9.87. The summed E-state index contributed by atoms with van der Waals surface area (Å²) in [4.78, 5) is 9.02. The lowest BCUT2D eigenvalue weighted by Gasteiger charge is -2.26. The summed E-state index contributed by atoms with van der Waals surface area (Å²) in [6.45, 7) is 0.549. The van der Waals surface area contributed by atoms with E-state index in [-0.39, 0.29) is 18.0 Å². The molecule has 152 valence electrons. The van der Waals surface area contributed by atoms with Gasteiger partial charge in [0.1, 0.15) is 11.6 Å². The lowest BCUT2D eigenvalue weighted by atomic mass is 9.93. The molecule has 0 amide bonds. The summed E-state index contributed by atoms with van der Waals surface area (Å²) >= 11 is 0. The van der Waals surface area contributed by atoms with Gasteiger partial charge >= 0.3 is 0 Å². The SMILES string of the molecule is Cn1ncc(-c2ccnc(N[C@H]3CC[C@H](O)CC3)n2)c1NCc1ccc(F)cc1. The molecule has 2 heterocycles. The monoisotopic (exact) mass is 396 g/mol. The van der Waals surface area contributed by atoms with E-state index in [4.69, 9.17) is 0 Å². The minimum atomic E-state index is -0.247. The van der Waals surface area contributed by atoms with Crippen LogP contribution in [-0.4, -0.2) is 37.0 Å². The lowest BCUT2D eigenvalue weighted by molar-refractivity contribution is 0.126. The number of nitrogens with one attached hydrogen (secondary N) is 2. The van der Waals surface area contributed by atoms with Crippen LogP contribution in [-0.2, 0) is 13.6 Å². The normalized spacial score (nSPS) is 19.1. The molecule has 0 spiro atoms. The molecule has 0 radical (unpaired) electrons. The number of nitrogens with zero attached hydrogens (tertiary/aromatic N) is 4. The average Bonchev–Trinajstić information content (AvgIpc) is 3.10. The van der Waals surface area contributed by atoms with E-state index < -0.39 is 0 Å². The van der Waals surface area contributed by atoms with E-state index >= 15 is 0 Å². The van der Waals surface area contributed by atoms with Crippen LogP contribution < -0.4 is 10.6 Å². The topological polar surface area (TPSA) is 87.9 Å². The van der Waals surface area contributed by atoms with Gasteiger partial charge in [-0.3, -0.25) is 4.68 Å². The zero-order chi connectivity index (χ0) is 20.2. The van der Waals surface area contributed by atoms with Crippen LogP contribution in [0, 0.1) is 5.82 Å². The Morgan fingerprint density at radius 3 is 2.66 bits per heavy atom. The van der Waals surface area contributed by atoms with Crippen molar-refractivity contribution >= 4 is 11.8 Å². The van der Waals surface area contributed by atoms with Crippen LogP contribution in [0.1, 0.15) is 31.2 Å². The Balaban J connectivity index is 1.49. The second-order valence-corrected chi connectivity index (χ2v) is 7.43. The van der Waals surface area contributed by atoms with E-state index in [1.807, 2.05) is 13.1 Å². The fraction of sp³-hybridized carbons (Fsp3) is 0.381. The Morgan fingerprint density at radius 1 is 1.14 bits per heavy atom. The molecule has 0 unspecified atom stereocenters. The van der Waals surface area contributed by atoms with Crippen LogP contribution in [0.15, 0.2) is 42.7 Å². The standard InChI is InChI=1S/C21H25FN6O/c1-28-20(24-12-14-2-4-15(22)5-3-14)18(13-25-28)19-10-11-23-21(27-19)26-16-6-8-17(29)9-7-16/h2-5,10-11,13,16-17,24,29H,6-9,12H2,1H3,(H,23,26,27)/t16-,17-. The van der Waals surface area contributed by atoms with E-state index in [1.165, 1.54) is 12.1 Å². The van der Waals surface area contributed by atoms with Crippen molar-refractivity contribution in [2.75, 3.05) is 10.6 Å². The Morgan fingerprint density at radius 2 is 1.90 bits per heavy atom. The van der Waals surface area contributed by atoms with Crippen LogP contribution in [0.4, 0.5) is 16.2 Å². The minimum Gasteiger partial charge on any atom is -0.393 e. The third-order valence-electron chi connectivity index (χ3n) is 5.27. The third-order valence-corrected chi connectivity index (χ3v) is 5.27. The van der Waals surface area contributed by atoms with Crippen molar-refractivity contribution in [3.8, 4) is 11.3 Å². The summed E-state index contributed by atoms with van der Waals surface area (Å²) in [6, 6.07) is 8.55. The highest BCUT2D eigenvalue weighted by atomic mass is 19.1. The molecule has 29 heavy (non-hydrogen) atoms. The second kappa shape index (κ2) is 8.57. The van der Waals surface area contributed by atoms with Gasteiger partial charge in [0, 0.05) is 25.8 Å². The number of rotatable bonds is 6. The number of halogens is 1. The van der Waals surface area contributed by atoms with E-state index in [0.29, 0.717) is 12.5 Å². The molecule has 0 saturated heterocycles. The van der Waals surface area contributed by atoms with E-state index in [0.717, 1.165) is 48.3 Å². The molecule has 1 aliphatic carbocycles. The Kier molecular flexibility index (Phi) is 5.71. The number of aryl methyl sites for hydroxylation is 1. The van der Waals surface area contributed by atoms with Crippen LogP contribution in [0.25, 0.3) is 11.3 Å². The predicted molar refractivity (Wildman–Crippen MR) is 110 cm³/mol. The minimum absolute atomic E-state index is 0.189. The van der Waals surface area contributed by atoms with Gasteiger partial charge in [-0.1, -0.05) is 12.1 Å². The largest absolute Gasteiger partial charge is 0.393 e. The van der Waals surface area contributed by atoms with E-state index in [1.54, 1.807) is 29.2 Å². The van der Waals surface area contributed by atoms with Crippen molar-refractivity contribution in [2.24, 2.45) is 7.05 Å². The van der Waals surface area contributed by atoms with Crippen molar-refractivity contribution in [3.05, 3.63) is 54.1 Å². The van der Waals surface area contributed by atoms with Crippen molar-refractivity contribution in [3.63, 3.8) is 0 Å². The molecule has 3 N–H and O–H groups in total. The van der Waals surface area contributed by atoms with E-state index in [9.17, 15) is 9.50 Å². The number of aromatic nitrogens is 4. The number of hydrogen-bond donors (Lipinski definition) is 3. The molecule has 0 atom stereocenters. The van der Waals surface area contributed by atoms with Crippen molar-refractivity contribution in [2.45, 2.75) is 44.4 Å². The van der Waals surface area contributed by atoms with Crippen LogP contribution in [0.2, 0.25) is 0 Å². The molecule has 2 aromatic heterocycles. The van der Waals surface area contributed by atoms with Gasteiger partial charge in [-0.05, 0) is 49.4 Å². The molecule has 0 aliphatic heterocycles. The van der Waals surface area contributed by atoms with Gasteiger partial charge in [0.15, 0.2) is 0 Å². The Labute approximate surface area is 169 Å². The van der Waals surface area contributed by atoms with Gasteiger partial charge in [0.25, 0.3) is 0 Å². The van der Waals surface area contributed by atoms with Crippen LogP contribution in [0.5, 0.6) is 0 Å². The van der Waals surface area contributed by atoms with Gasteiger partial charge in [-0.25, -0.2) is 14.4 Å². The molecule has 0 bridgehead atoms. The highest BCUT2D eigenvalue weighted by molar-refractivity contribution is 5.72. The second-order valence-electron chi connectivity index (χ2n) is 7.43. The van der Waals surface area contributed by atoms with Gasteiger partial charge in [0.05, 0.1) is 23.6 Å². The van der Waals surface area contributed by atoms with Crippen LogP contribution >= 0.6 is 0 Å². The first kappa shape index (κ1) is 19.3. The summed E-state index contributed by atoms with van der Waals surface area (Å²) in [7, 11) is 1.87. The number of hydrogen-bond acceptors (Lipinski definition) is 6. The van der Waals surface area contributed by atoms with E-state index in [2.05, 4.69) is 25.7 Å². The molecular formula is C21H25FN6O. The molecule has 1 aliphatic rings. The molecule has 7 nitrogen and oxygen atoms in total. The summed E-state index contributed by atoms with van der Waals surface area (Å²) in [5.41, 5.74) is 2.62. The summed E-state index contributed by atoms with van der Waals surface area (Å²) in [5, 5.41) is 20.8. The van der Waals surface area contributed by atoms with Gasteiger partial charge in [-0.2, -0.15) is 5.10 Å². The highest BCUT2D eigenvalue weighted by Crippen LogP contribution is 2.27. The molecule has 1 fully saturated rings. The first-order chi connectivity index (χ1) is 14.1. The maximum absolute atomic E-state index is 13.1. The average molecular weight is 396 g/mol. The van der Waals surface area contributed by atoms with Gasteiger partial charge < -0.3 is 15.7 Å². The predicted octanol–water partition coefficient (Wildman–Crippen LogP) is 3.34. The number of anilines is 2. The van der Waals surface area contributed by atoms with Crippen molar-refractivity contribution in [1.82, 2.24) is 19.7 Å². The molecule has 1 aromatic carbocycles. The summed E-state index contributed by atoms with van der Waals surface area (Å²) in [6.07, 6.45) is 6.74. The third kappa shape index (κ3) is 4.71. The maximum Gasteiger partial charge on any atom is 0.223 e.